The van der Waals surface area contributed by atoms with E-state index < -0.39 is 0 Å². The zero-order valence-corrected chi connectivity index (χ0v) is 8.01. The molecular formula is C10H8N2O3. The number of hydrogen-bond acceptors (Lipinski definition) is 5. The van der Waals surface area contributed by atoms with E-state index in [4.69, 9.17) is 9.15 Å². The second-order valence-electron chi connectivity index (χ2n) is 2.87. The standard InChI is InChI=1S/C10H8N2O3/c1-7(13)15-9-4-2-3-8(5-9)10-12-11-6-14-10/h2-6H,1H3. The van der Waals surface area contributed by atoms with Gasteiger partial charge in [-0.2, -0.15) is 0 Å². The molecule has 1 heterocycles. The molecule has 1 aromatic heterocycles. The Balaban J connectivity index is 2.31. The van der Waals surface area contributed by atoms with E-state index in [-0.39, 0.29) is 5.97 Å². The van der Waals surface area contributed by atoms with E-state index in [1.165, 1.54) is 13.3 Å². The van der Waals surface area contributed by atoms with Gasteiger partial charge in [-0.25, -0.2) is 0 Å². The summed E-state index contributed by atoms with van der Waals surface area (Å²) in [5.41, 5.74) is 0.714. The van der Waals surface area contributed by atoms with Crippen LogP contribution in [0, 0.1) is 0 Å². The topological polar surface area (TPSA) is 65.2 Å². The number of carbonyl (C=O) groups excluding carboxylic acids is 1. The first-order valence-electron chi connectivity index (χ1n) is 4.31. The third-order valence-electron chi connectivity index (χ3n) is 1.70. The number of rotatable bonds is 2. The molecule has 0 saturated carbocycles. The second-order valence-corrected chi connectivity index (χ2v) is 2.87. The molecule has 76 valence electrons. The number of hydrogen-bond donors (Lipinski definition) is 0. The Morgan fingerprint density at radius 2 is 2.33 bits per heavy atom. The van der Waals surface area contributed by atoms with Crippen LogP contribution in [0.4, 0.5) is 0 Å². The molecule has 5 nitrogen and oxygen atoms in total. The van der Waals surface area contributed by atoms with Gasteiger partial charge in [0.2, 0.25) is 12.3 Å². The van der Waals surface area contributed by atoms with Crippen LogP contribution < -0.4 is 4.74 Å². The lowest BCUT2D eigenvalue weighted by atomic mass is 10.2. The lowest BCUT2D eigenvalue weighted by Gasteiger charge is -2.01. The average molecular weight is 204 g/mol. The summed E-state index contributed by atoms with van der Waals surface area (Å²) < 4.78 is 9.94. The predicted molar refractivity (Wildman–Crippen MR) is 51.0 cm³/mol. The number of carbonyl (C=O) groups is 1. The Hall–Kier alpha value is -2.17. The second kappa shape index (κ2) is 3.91. The van der Waals surface area contributed by atoms with Gasteiger partial charge in [0.1, 0.15) is 5.75 Å². The molecule has 2 rings (SSSR count). The number of ether oxygens (including phenoxy) is 1. The number of aromatic nitrogens is 2. The van der Waals surface area contributed by atoms with Crippen LogP contribution in [0.15, 0.2) is 35.1 Å². The smallest absolute Gasteiger partial charge is 0.308 e. The highest BCUT2D eigenvalue weighted by atomic mass is 16.5. The van der Waals surface area contributed by atoms with Gasteiger partial charge in [-0.15, -0.1) is 10.2 Å². The molecule has 15 heavy (non-hydrogen) atoms. The van der Waals surface area contributed by atoms with Gasteiger partial charge >= 0.3 is 5.97 Å². The highest BCUT2D eigenvalue weighted by molar-refractivity contribution is 5.70. The van der Waals surface area contributed by atoms with Gasteiger partial charge in [-0.05, 0) is 18.2 Å². The summed E-state index contributed by atoms with van der Waals surface area (Å²) in [5.74, 6) is 0.486. The van der Waals surface area contributed by atoms with Crippen molar-refractivity contribution in [3.63, 3.8) is 0 Å². The molecule has 0 atom stereocenters. The minimum Gasteiger partial charge on any atom is -0.427 e. The Labute approximate surface area is 85.7 Å². The lowest BCUT2D eigenvalue weighted by Crippen LogP contribution is -2.01. The molecule has 0 bridgehead atoms. The molecule has 0 amide bonds. The highest BCUT2D eigenvalue weighted by Crippen LogP contribution is 2.21. The van der Waals surface area contributed by atoms with E-state index in [0.29, 0.717) is 17.2 Å². The maximum atomic E-state index is 10.7. The SMILES string of the molecule is CC(=O)Oc1cccc(-c2nnco2)c1. The molecule has 0 aliphatic heterocycles. The van der Waals surface area contributed by atoms with E-state index in [9.17, 15) is 4.79 Å². The zero-order chi connectivity index (χ0) is 10.7. The molecule has 2 aromatic rings. The van der Waals surface area contributed by atoms with Gasteiger partial charge in [-0.3, -0.25) is 4.79 Å². The minimum absolute atomic E-state index is 0.363. The molecule has 0 aliphatic rings. The summed E-state index contributed by atoms with van der Waals surface area (Å²) in [6, 6.07) is 6.88. The van der Waals surface area contributed by atoms with Crippen LogP contribution in [0.2, 0.25) is 0 Å². The molecule has 0 unspecified atom stereocenters. The van der Waals surface area contributed by atoms with E-state index in [2.05, 4.69) is 10.2 Å². The third-order valence-corrected chi connectivity index (χ3v) is 1.70. The molecule has 0 N–H and O–H groups in total. The third kappa shape index (κ3) is 2.19. The van der Waals surface area contributed by atoms with Crippen molar-refractivity contribution in [1.82, 2.24) is 10.2 Å². The molecule has 0 fully saturated rings. The summed E-state index contributed by atoms with van der Waals surface area (Å²) in [5, 5.41) is 7.31. The molecule has 0 aliphatic carbocycles. The largest absolute Gasteiger partial charge is 0.427 e. The van der Waals surface area contributed by atoms with Crippen LogP contribution in [0.3, 0.4) is 0 Å². The molecule has 0 saturated heterocycles. The van der Waals surface area contributed by atoms with Crippen LogP contribution in [-0.4, -0.2) is 16.2 Å². The Kier molecular flexibility index (Phi) is 2.45. The van der Waals surface area contributed by atoms with Gasteiger partial charge < -0.3 is 9.15 Å². The minimum atomic E-state index is -0.363. The van der Waals surface area contributed by atoms with Crippen LogP contribution in [0.5, 0.6) is 5.75 Å². The van der Waals surface area contributed by atoms with Crippen molar-refractivity contribution in [3.8, 4) is 17.2 Å². The average Bonchev–Trinajstić information content (AvgIpc) is 2.69. The molecule has 0 spiro atoms. The summed E-state index contributed by atoms with van der Waals surface area (Å²) >= 11 is 0. The Morgan fingerprint density at radius 3 is 3.00 bits per heavy atom. The predicted octanol–water partition coefficient (Wildman–Crippen LogP) is 1.66. The van der Waals surface area contributed by atoms with Gasteiger partial charge in [0.05, 0.1) is 0 Å². The lowest BCUT2D eigenvalue weighted by molar-refractivity contribution is -0.131. The monoisotopic (exact) mass is 204 g/mol. The highest BCUT2D eigenvalue weighted by Gasteiger charge is 2.05. The fraction of sp³-hybridized carbons (Fsp3) is 0.100. The van der Waals surface area contributed by atoms with E-state index >= 15 is 0 Å². The quantitative estimate of drug-likeness (QED) is 0.549. The normalized spacial score (nSPS) is 9.93. The van der Waals surface area contributed by atoms with Gasteiger partial charge in [0.25, 0.3) is 0 Å². The molecular weight excluding hydrogens is 196 g/mol. The first-order valence-corrected chi connectivity index (χ1v) is 4.31. The first kappa shape index (κ1) is 9.39. The summed E-state index contributed by atoms with van der Waals surface area (Å²) in [6.07, 6.45) is 1.24. The molecule has 1 aromatic carbocycles. The van der Waals surface area contributed by atoms with Crippen LogP contribution in [0.25, 0.3) is 11.5 Å². The zero-order valence-electron chi connectivity index (χ0n) is 8.01. The van der Waals surface area contributed by atoms with E-state index in [1.807, 2.05) is 0 Å². The van der Waals surface area contributed by atoms with Crippen LogP contribution in [0.1, 0.15) is 6.92 Å². The van der Waals surface area contributed by atoms with Crippen LogP contribution in [-0.2, 0) is 4.79 Å². The molecule has 0 radical (unpaired) electrons. The van der Waals surface area contributed by atoms with Gasteiger partial charge in [-0.1, -0.05) is 6.07 Å². The fourth-order valence-corrected chi connectivity index (χ4v) is 1.16. The Morgan fingerprint density at radius 1 is 1.47 bits per heavy atom. The van der Waals surface area contributed by atoms with Crippen molar-refractivity contribution in [2.45, 2.75) is 6.92 Å². The van der Waals surface area contributed by atoms with Crippen molar-refractivity contribution in [2.24, 2.45) is 0 Å². The van der Waals surface area contributed by atoms with Crippen molar-refractivity contribution >= 4 is 5.97 Å². The van der Waals surface area contributed by atoms with Gasteiger partial charge in [0, 0.05) is 12.5 Å². The van der Waals surface area contributed by atoms with Crippen LogP contribution >= 0.6 is 0 Å². The number of esters is 1. The summed E-state index contributed by atoms with van der Waals surface area (Å²) in [7, 11) is 0. The molecule has 5 heteroatoms. The van der Waals surface area contributed by atoms with Crippen molar-refractivity contribution in [3.05, 3.63) is 30.7 Å². The maximum absolute atomic E-state index is 10.7. The number of nitrogens with zero attached hydrogens (tertiary/aromatic N) is 2. The summed E-state index contributed by atoms with van der Waals surface area (Å²) in [6.45, 7) is 1.35. The van der Waals surface area contributed by atoms with E-state index in [1.54, 1.807) is 24.3 Å². The van der Waals surface area contributed by atoms with Crippen molar-refractivity contribution in [1.29, 1.82) is 0 Å². The van der Waals surface area contributed by atoms with E-state index in [0.717, 1.165) is 0 Å². The van der Waals surface area contributed by atoms with Gasteiger partial charge in [0.15, 0.2) is 0 Å². The van der Waals surface area contributed by atoms with Crippen molar-refractivity contribution in [2.75, 3.05) is 0 Å². The number of benzene rings is 1. The maximum Gasteiger partial charge on any atom is 0.308 e. The first-order chi connectivity index (χ1) is 7.25. The summed E-state index contributed by atoms with van der Waals surface area (Å²) in [4.78, 5) is 10.7. The fourth-order valence-electron chi connectivity index (χ4n) is 1.16. The van der Waals surface area contributed by atoms with Crippen molar-refractivity contribution < 1.29 is 13.9 Å². The Bertz CT molecular complexity index is 465.